The van der Waals surface area contributed by atoms with Gasteiger partial charge in [-0.3, -0.25) is 0 Å². The Hall–Kier alpha value is 0.230. The summed E-state index contributed by atoms with van der Waals surface area (Å²) >= 11 is 3.70. The van der Waals surface area contributed by atoms with Gasteiger partial charge in [0.1, 0.15) is 6.23 Å². The van der Waals surface area contributed by atoms with E-state index in [-0.39, 0.29) is 6.61 Å². The predicted octanol–water partition coefficient (Wildman–Crippen LogP) is -1.45. The van der Waals surface area contributed by atoms with Crippen LogP contribution in [0.5, 0.6) is 0 Å². The second kappa shape index (κ2) is 3.26. The average molecular weight is 123 g/mol. The van der Waals surface area contributed by atoms with Crippen LogP contribution in [0.15, 0.2) is 0 Å². The third kappa shape index (κ3) is 2.87. The quantitative estimate of drug-likeness (QED) is 0.268. The van der Waals surface area contributed by atoms with Crippen LogP contribution in [-0.4, -0.2) is 28.3 Å². The third-order valence-electron chi connectivity index (χ3n) is 0.581. The lowest BCUT2D eigenvalue weighted by molar-refractivity contribution is 0.147. The Bertz CT molecular complexity index is 50.2. The number of thiol groups is 1. The Morgan fingerprint density at radius 2 is 2.14 bits per heavy atom. The fraction of sp³-hybridized carbons (Fsp3) is 1.00. The summed E-state index contributed by atoms with van der Waals surface area (Å²) in [5, 5.41) is 16.0. The van der Waals surface area contributed by atoms with Crippen LogP contribution in [0.4, 0.5) is 0 Å². The molecule has 0 amide bonds. The van der Waals surface area contributed by atoms with E-state index in [1.165, 1.54) is 0 Å². The maximum atomic E-state index is 8.36. The number of rotatable bonds is 2. The van der Waals surface area contributed by atoms with Crippen molar-refractivity contribution in [2.24, 2.45) is 5.73 Å². The van der Waals surface area contributed by atoms with Gasteiger partial charge in [0.15, 0.2) is 0 Å². The number of aliphatic hydroxyl groups excluding tert-OH is 2. The van der Waals surface area contributed by atoms with E-state index in [1.807, 2.05) is 0 Å². The molecule has 0 heterocycles. The summed E-state index contributed by atoms with van der Waals surface area (Å²) in [6.45, 7) is -0.194. The van der Waals surface area contributed by atoms with E-state index in [4.69, 9.17) is 15.9 Å². The molecular formula is C3H9NO2S. The first-order valence-electron chi connectivity index (χ1n) is 1.91. The summed E-state index contributed by atoms with van der Waals surface area (Å²) in [5.74, 6) is 0. The van der Waals surface area contributed by atoms with E-state index in [0.29, 0.717) is 0 Å². The Balaban J connectivity index is 3.14. The highest BCUT2D eigenvalue weighted by Crippen LogP contribution is 1.93. The molecular weight excluding hydrogens is 114 g/mol. The predicted molar refractivity (Wildman–Crippen MR) is 30.1 cm³/mol. The fourth-order valence-corrected chi connectivity index (χ4v) is 0.108. The minimum Gasteiger partial charge on any atom is -0.395 e. The molecule has 0 rings (SSSR count). The van der Waals surface area contributed by atoms with Gasteiger partial charge >= 0.3 is 0 Å². The molecule has 2 atom stereocenters. The molecule has 0 aromatic carbocycles. The highest BCUT2D eigenvalue weighted by molar-refractivity contribution is 7.81. The summed E-state index contributed by atoms with van der Waals surface area (Å²) in [5.41, 5.74) is 4.87. The molecule has 0 aliphatic rings. The Kier molecular flexibility index (Phi) is 3.37. The van der Waals surface area contributed by atoms with Gasteiger partial charge in [0.25, 0.3) is 0 Å². The summed E-state index contributed by atoms with van der Waals surface area (Å²) in [6, 6.07) is 0. The molecule has 0 fully saturated rings. The highest BCUT2D eigenvalue weighted by atomic mass is 32.1. The van der Waals surface area contributed by atoms with Crippen molar-refractivity contribution in [3.05, 3.63) is 0 Å². The molecule has 0 bridgehead atoms. The lowest BCUT2D eigenvalue weighted by Gasteiger charge is -2.07. The minimum absolute atomic E-state index is 0.194. The molecule has 7 heavy (non-hydrogen) atoms. The highest BCUT2D eigenvalue weighted by Gasteiger charge is 2.06. The van der Waals surface area contributed by atoms with Crippen molar-refractivity contribution in [2.75, 3.05) is 6.61 Å². The van der Waals surface area contributed by atoms with Crippen molar-refractivity contribution in [3.63, 3.8) is 0 Å². The Labute approximate surface area is 47.6 Å². The van der Waals surface area contributed by atoms with Gasteiger partial charge in [-0.1, -0.05) is 0 Å². The van der Waals surface area contributed by atoms with E-state index in [0.717, 1.165) is 0 Å². The smallest absolute Gasteiger partial charge is 0.116 e. The van der Waals surface area contributed by atoms with Crippen LogP contribution in [-0.2, 0) is 0 Å². The molecule has 0 aliphatic heterocycles. The molecule has 0 saturated carbocycles. The van der Waals surface area contributed by atoms with Gasteiger partial charge in [-0.15, -0.1) is 0 Å². The van der Waals surface area contributed by atoms with E-state index >= 15 is 0 Å². The van der Waals surface area contributed by atoms with Crippen LogP contribution < -0.4 is 5.73 Å². The van der Waals surface area contributed by atoms with Gasteiger partial charge in [0.2, 0.25) is 0 Å². The molecule has 4 N–H and O–H groups in total. The van der Waals surface area contributed by atoms with Gasteiger partial charge in [0.05, 0.1) is 11.9 Å². The second-order valence-electron chi connectivity index (χ2n) is 1.24. The normalized spacial score (nSPS) is 18.9. The van der Waals surface area contributed by atoms with Crippen molar-refractivity contribution in [1.82, 2.24) is 0 Å². The first kappa shape index (κ1) is 7.23. The van der Waals surface area contributed by atoms with Gasteiger partial charge in [0, 0.05) is 0 Å². The molecule has 0 aliphatic carbocycles. The molecule has 2 unspecified atom stereocenters. The van der Waals surface area contributed by atoms with Crippen molar-refractivity contribution in [1.29, 1.82) is 0 Å². The van der Waals surface area contributed by atoms with Gasteiger partial charge in [-0.25, -0.2) is 0 Å². The monoisotopic (exact) mass is 123 g/mol. The SMILES string of the molecule is NC(O)C(S)CO. The minimum atomic E-state index is -1.02. The summed E-state index contributed by atoms with van der Waals surface area (Å²) in [6.07, 6.45) is -1.02. The van der Waals surface area contributed by atoms with E-state index in [9.17, 15) is 0 Å². The van der Waals surface area contributed by atoms with Crippen LogP contribution >= 0.6 is 12.6 Å². The largest absolute Gasteiger partial charge is 0.395 e. The van der Waals surface area contributed by atoms with Gasteiger partial charge in [-0.2, -0.15) is 12.6 Å². The third-order valence-corrected chi connectivity index (χ3v) is 1.05. The van der Waals surface area contributed by atoms with Gasteiger partial charge < -0.3 is 15.9 Å². The average Bonchev–Trinajstić information content (AvgIpc) is 1.65. The van der Waals surface area contributed by atoms with Crippen LogP contribution in [0, 0.1) is 0 Å². The number of hydrogen-bond donors (Lipinski definition) is 4. The lowest BCUT2D eigenvalue weighted by Crippen LogP contribution is -2.32. The molecule has 0 aromatic rings. The van der Waals surface area contributed by atoms with Crippen molar-refractivity contribution < 1.29 is 10.2 Å². The van der Waals surface area contributed by atoms with Crippen molar-refractivity contribution >= 4 is 12.6 Å². The van der Waals surface area contributed by atoms with Crippen LogP contribution in [0.25, 0.3) is 0 Å². The van der Waals surface area contributed by atoms with Crippen LogP contribution in [0.1, 0.15) is 0 Å². The maximum absolute atomic E-state index is 8.36. The summed E-state index contributed by atoms with van der Waals surface area (Å²) in [7, 11) is 0. The first-order valence-corrected chi connectivity index (χ1v) is 2.42. The van der Waals surface area contributed by atoms with E-state index < -0.39 is 11.5 Å². The molecule has 0 saturated heterocycles. The second-order valence-corrected chi connectivity index (χ2v) is 1.90. The van der Waals surface area contributed by atoms with Gasteiger partial charge in [-0.05, 0) is 0 Å². The standard InChI is InChI=1S/C3H9NO2S/c4-3(6)2(7)1-5/h2-3,5-7H,1,4H2. The molecule has 44 valence electrons. The fourth-order valence-electron chi connectivity index (χ4n) is 0.108. The molecule has 0 spiro atoms. The maximum Gasteiger partial charge on any atom is 0.116 e. The zero-order chi connectivity index (χ0) is 5.86. The zero-order valence-corrected chi connectivity index (χ0v) is 4.68. The van der Waals surface area contributed by atoms with Crippen LogP contribution in [0.2, 0.25) is 0 Å². The number of aliphatic hydroxyl groups is 2. The summed E-state index contributed by atoms with van der Waals surface area (Å²) in [4.78, 5) is 0. The van der Waals surface area contributed by atoms with E-state index in [2.05, 4.69) is 12.6 Å². The molecule has 0 radical (unpaired) electrons. The molecule has 0 aromatic heterocycles. The lowest BCUT2D eigenvalue weighted by atomic mass is 10.4. The van der Waals surface area contributed by atoms with Crippen molar-refractivity contribution in [2.45, 2.75) is 11.5 Å². The number of hydrogen-bond acceptors (Lipinski definition) is 4. The zero-order valence-electron chi connectivity index (χ0n) is 3.78. The number of nitrogens with two attached hydrogens (primary N) is 1. The van der Waals surface area contributed by atoms with Crippen molar-refractivity contribution in [3.8, 4) is 0 Å². The topological polar surface area (TPSA) is 66.5 Å². The Morgan fingerprint density at radius 1 is 1.71 bits per heavy atom. The molecule has 3 nitrogen and oxygen atoms in total. The van der Waals surface area contributed by atoms with E-state index in [1.54, 1.807) is 0 Å². The summed E-state index contributed by atoms with van der Waals surface area (Å²) < 4.78 is 0. The Morgan fingerprint density at radius 3 is 2.14 bits per heavy atom. The van der Waals surface area contributed by atoms with Crippen LogP contribution in [0.3, 0.4) is 0 Å². The first-order chi connectivity index (χ1) is 3.18. The molecule has 4 heteroatoms.